The predicted molar refractivity (Wildman–Crippen MR) is 107 cm³/mol. The average molecular weight is 391 g/mol. The highest BCUT2D eigenvalue weighted by molar-refractivity contribution is 6.33. The standard InChI is InChI=1S/C20H23ClN2O4/c1-5-6-13-7-12(8-18(26-3)19(13)27-4)11-23-20(24)14-9-15(21)16(22)10-17(14)25-2/h5,7-10H,1,6,11,22H2,2-4H3,(H,23,24). The van der Waals surface area contributed by atoms with Crippen LogP contribution in [0.15, 0.2) is 36.9 Å². The van der Waals surface area contributed by atoms with Gasteiger partial charge in [-0.05, 0) is 30.2 Å². The molecule has 0 aliphatic rings. The maximum Gasteiger partial charge on any atom is 0.255 e. The Bertz CT molecular complexity index is 852. The van der Waals surface area contributed by atoms with Crippen molar-refractivity contribution in [3.05, 3.63) is 58.6 Å². The van der Waals surface area contributed by atoms with Gasteiger partial charge >= 0.3 is 0 Å². The summed E-state index contributed by atoms with van der Waals surface area (Å²) in [5.41, 5.74) is 8.19. The highest BCUT2D eigenvalue weighted by Gasteiger charge is 2.16. The lowest BCUT2D eigenvalue weighted by Gasteiger charge is -2.15. The molecule has 2 rings (SSSR count). The van der Waals surface area contributed by atoms with Crippen LogP contribution in [0.5, 0.6) is 17.2 Å². The van der Waals surface area contributed by atoms with E-state index in [9.17, 15) is 4.79 Å². The van der Waals surface area contributed by atoms with E-state index in [0.29, 0.717) is 39.9 Å². The summed E-state index contributed by atoms with van der Waals surface area (Å²) in [5, 5.41) is 3.15. The maximum atomic E-state index is 12.6. The summed E-state index contributed by atoms with van der Waals surface area (Å²) in [5.74, 6) is 1.27. The molecule has 0 spiro atoms. The first-order valence-electron chi connectivity index (χ1n) is 8.21. The van der Waals surface area contributed by atoms with E-state index >= 15 is 0 Å². The molecular weight excluding hydrogens is 368 g/mol. The number of nitrogens with one attached hydrogen (secondary N) is 1. The lowest BCUT2D eigenvalue weighted by atomic mass is 10.1. The second kappa shape index (κ2) is 9.19. The lowest BCUT2D eigenvalue weighted by Crippen LogP contribution is -2.23. The fraction of sp³-hybridized carbons (Fsp3) is 0.250. The molecule has 2 aromatic rings. The first kappa shape index (κ1) is 20.5. The summed E-state index contributed by atoms with van der Waals surface area (Å²) < 4.78 is 16.0. The number of rotatable bonds is 8. The molecular formula is C20H23ClN2O4. The first-order valence-corrected chi connectivity index (χ1v) is 8.58. The molecule has 0 radical (unpaired) electrons. The first-order chi connectivity index (χ1) is 12.9. The molecule has 6 nitrogen and oxygen atoms in total. The molecule has 7 heteroatoms. The summed E-state index contributed by atoms with van der Waals surface area (Å²) in [6.45, 7) is 4.05. The van der Waals surface area contributed by atoms with Crippen molar-refractivity contribution in [3.8, 4) is 17.2 Å². The van der Waals surface area contributed by atoms with Crippen molar-refractivity contribution < 1.29 is 19.0 Å². The Morgan fingerprint density at radius 3 is 2.44 bits per heavy atom. The second-order valence-corrected chi connectivity index (χ2v) is 6.15. The second-order valence-electron chi connectivity index (χ2n) is 5.74. The normalized spacial score (nSPS) is 10.2. The number of carbonyl (C=O) groups excluding carboxylic acids is 1. The van der Waals surface area contributed by atoms with Gasteiger partial charge in [0.15, 0.2) is 11.5 Å². The van der Waals surface area contributed by atoms with Crippen LogP contribution >= 0.6 is 11.6 Å². The SMILES string of the molecule is C=CCc1cc(CNC(=O)c2cc(Cl)c(N)cc2OC)cc(OC)c1OC. The van der Waals surface area contributed by atoms with E-state index < -0.39 is 0 Å². The van der Waals surface area contributed by atoms with E-state index in [2.05, 4.69) is 11.9 Å². The molecule has 0 atom stereocenters. The van der Waals surface area contributed by atoms with Crippen LogP contribution in [0.25, 0.3) is 0 Å². The van der Waals surface area contributed by atoms with Crippen LogP contribution in [0.4, 0.5) is 5.69 Å². The summed E-state index contributed by atoms with van der Waals surface area (Å²) in [4.78, 5) is 12.6. The third-order valence-electron chi connectivity index (χ3n) is 4.00. The van der Waals surface area contributed by atoms with E-state index in [1.54, 1.807) is 20.3 Å². The fourth-order valence-corrected chi connectivity index (χ4v) is 2.87. The predicted octanol–water partition coefficient (Wildman–Crippen LogP) is 3.61. The van der Waals surface area contributed by atoms with Crippen molar-refractivity contribution >= 4 is 23.2 Å². The topological polar surface area (TPSA) is 82.8 Å². The quantitative estimate of drug-likeness (QED) is 0.531. The third-order valence-corrected chi connectivity index (χ3v) is 4.32. The number of anilines is 1. The smallest absolute Gasteiger partial charge is 0.255 e. The number of nitrogens with two attached hydrogens (primary N) is 1. The number of benzene rings is 2. The van der Waals surface area contributed by atoms with Gasteiger partial charge < -0.3 is 25.3 Å². The van der Waals surface area contributed by atoms with Gasteiger partial charge in [-0.1, -0.05) is 17.7 Å². The zero-order valence-electron chi connectivity index (χ0n) is 15.6. The average Bonchev–Trinajstić information content (AvgIpc) is 2.67. The summed E-state index contributed by atoms with van der Waals surface area (Å²) >= 11 is 6.03. The number of halogens is 1. The Balaban J connectivity index is 2.26. The molecule has 0 saturated carbocycles. The molecule has 0 heterocycles. The van der Waals surface area contributed by atoms with Gasteiger partial charge in [0.1, 0.15) is 5.75 Å². The number of hydrogen-bond acceptors (Lipinski definition) is 5. The van der Waals surface area contributed by atoms with Crippen LogP contribution in [0.1, 0.15) is 21.5 Å². The van der Waals surface area contributed by atoms with Gasteiger partial charge in [-0.15, -0.1) is 6.58 Å². The Hall–Kier alpha value is -2.86. The van der Waals surface area contributed by atoms with Crippen molar-refractivity contribution in [2.75, 3.05) is 27.1 Å². The van der Waals surface area contributed by atoms with Crippen LogP contribution in [0.2, 0.25) is 5.02 Å². The monoisotopic (exact) mass is 390 g/mol. The Labute approximate surface area is 163 Å². The van der Waals surface area contributed by atoms with Gasteiger partial charge in [0.2, 0.25) is 0 Å². The highest BCUT2D eigenvalue weighted by atomic mass is 35.5. The molecule has 0 fully saturated rings. The molecule has 27 heavy (non-hydrogen) atoms. The van der Waals surface area contributed by atoms with Crippen LogP contribution in [-0.2, 0) is 13.0 Å². The Kier molecular flexibility index (Phi) is 6.96. The minimum absolute atomic E-state index is 0.286. The summed E-state index contributed by atoms with van der Waals surface area (Å²) in [6, 6.07) is 6.77. The van der Waals surface area contributed by atoms with Gasteiger partial charge in [0.05, 0.1) is 37.6 Å². The number of ether oxygens (including phenoxy) is 3. The largest absolute Gasteiger partial charge is 0.496 e. The van der Waals surface area contributed by atoms with E-state index in [1.165, 1.54) is 19.2 Å². The minimum atomic E-state index is -0.325. The Morgan fingerprint density at radius 2 is 1.85 bits per heavy atom. The van der Waals surface area contributed by atoms with Gasteiger partial charge in [0.25, 0.3) is 5.91 Å². The lowest BCUT2D eigenvalue weighted by molar-refractivity contribution is 0.0948. The van der Waals surface area contributed by atoms with Gasteiger partial charge in [0, 0.05) is 18.2 Å². The third kappa shape index (κ3) is 4.65. The van der Waals surface area contributed by atoms with Crippen molar-refractivity contribution in [2.45, 2.75) is 13.0 Å². The molecule has 0 aliphatic heterocycles. The van der Waals surface area contributed by atoms with E-state index in [4.69, 9.17) is 31.5 Å². The molecule has 144 valence electrons. The Morgan fingerprint density at radius 1 is 1.15 bits per heavy atom. The van der Waals surface area contributed by atoms with Crippen LogP contribution < -0.4 is 25.3 Å². The molecule has 3 N–H and O–H groups in total. The van der Waals surface area contributed by atoms with Gasteiger partial charge in [-0.25, -0.2) is 0 Å². The molecule has 0 bridgehead atoms. The number of methoxy groups -OCH3 is 3. The van der Waals surface area contributed by atoms with Crippen molar-refractivity contribution in [2.24, 2.45) is 0 Å². The molecule has 1 amide bonds. The molecule has 0 aromatic heterocycles. The van der Waals surface area contributed by atoms with E-state index in [1.807, 2.05) is 12.1 Å². The molecule has 0 unspecified atom stereocenters. The zero-order valence-corrected chi connectivity index (χ0v) is 16.4. The maximum absolute atomic E-state index is 12.6. The van der Waals surface area contributed by atoms with Crippen molar-refractivity contribution in [3.63, 3.8) is 0 Å². The van der Waals surface area contributed by atoms with Gasteiger partial charge in [-0.3, -0.25) is 4.79 Å². The zero-order chi connectivity index (χ0) is 20.0. The number of amides is 1. The fourth-order valence-electron chi connectivity index (χ4n) is 2.71. The van der Waals surface area contributed by atoms with Crippen molar-refractivity contribution in [1.29, 1.82) is 0 Å². The highest BCUT2D eigenvalue weighted by Crippen LogP contribution is 2.33. The summed E-state index contributed by atoms with van der Waals surface area (Å²) in [7, 11) is 4.62. The molecule has 0 saturated heterocycles. The van der Waals surface area contributed by atoms with E-state index in [-0.39, 0.29) is 12.5 Å². The number of nitrogen functional groups attached to an aromatic ring is 1. The molecule has 2 aromatic carbocycles. The summed E-state index contributed by atoms with van der Waals surface area (Å²) in [6.07, 6.45) is 2.39. The number of allylic oxidation sites excluding steroid dienone is 1. The van der Waals surface area contributed by atoms with Crippen molar-refractivity contribution in [1.82, 2.24) is 5.32 Å². The van der Waals surface area contributed by atoms with Crippen LogP contribution in [0, 0.1) is 0 Å². The molecule has 0 aliphatic carbocycles. The van der Waals surface area contributed by atoms with E-state index in [0.717, 1.165) is 11.1 Å². The van der Waals surface area contributed by atoms with Crippen LogP contribution in [-0.4, -0.2) is 27.2 Å². The van der Waals surface area contributed by atoms with Gasteiger partial charge in [-0.2, -0.15) is 0 Å². The minimum Gasteiger partial charge on any atom is -0.496 e. The van der Waals surface area contributed by atoms with Crippen LogP contribution in [0.3, 0.4) is 0 Å². The number of carbonyl (C=O) groups is 1. The number of hydrogen-bond donors (Lipinski definition) is 2.